The molecule has 0 aromatic heterocycles. The van der Waals surface area contributed by atoms with E-state index in [9.17, 15) is 0 Å². The smallest absolute Gasteiger partial charge is 0.0750 e. The lowest BCUT2D eigenvalue weighted by atomic mass is 10.1. The van der Waals surface area contributed by atoms with E-state index in [1.54, 1.807) is 0 Å². The molecule has 0 aliphatic carbocycles. The fourth-order valence-corrected chi connectivity index (χ4v) is 1.35. The molecule has 0 aromatic rings. The zero-order valence-corrected chi connectivity index (χ0v) is 9.65. The Kier molecular flexibility index (Phi) is 7.29. The monoisotopic (exact) mass is 187 g/mol. The van der Waals surface area contributed by atoms with Crippen LogP contribution in [-0.2, 0) is 4.74 Å². The number of likely N-dealkylation sites (N-methyl/N-ethyl adjacent to an activating group) is 1. The molecular weight excluding hydrogens is 162 g/mol. The van der Waals surface area contributed by atoms with Gasteiger partial charge in [-0.3, -0.25) is 0 Å². The number of ether oxygens (including phenoxy) is 1. The third kappa shape index (κ3) is 8.26. The second-order valence-electron chi connectivity index (χ2n) is 4.20. The minimum absolute atomic E-state index is 0.0129. The Labute approximate surface area is 83.1 Å². The quantitative estimate of drug-likeness (QED) is 0.590. The van der Waals surface area contributed by atoms with Gasteiger partial charge in [0.2, 0.25) is 0 Å². The molecule has 0 saturated heterocycles. The van der Waals surface area contributed by atoms with Gasteiger partial charge in [-0.25, -0.2) is 0 Å². The minimum Gasteiger partial charge on any atom is -0.374 e. The van der Waals surface area contributed by atoms with Crippen molar-refractivity contribution in [2.45, 2.75) is 52.1 Å². The summed E-state index contributed by atoms with van der Waals surface area (Å²) in [5.74, 6) is 0. The van der Waals surface area contributed by atoms with Crippen molar-refractivity contribution in [3.8, 4) is 0 Å². The van der Waals surface area contributed by atoms with Crippen molar-refractivity contribution in [2.75, 3.05) is 20.2 Å². The molecule has 0 saturated carbocycles. The molecule has 0 bridgehead atoms. The lowest BCUT2D eigenvalue weighted by molar-refractivity contribution is -0.0168. The highest BCUT2D eigenvalue weighted by Crippen LogP contribution is 2.09. The van der Waals surface area contributed by atoms with Gasteiger partial charge in [0.25, 0.3) is 0 Å². The Hall–Kier alpha value is -0.0800. The number of unbranched alkanes of at least 4 members (excludes halogenated alkanes) is 3. The highest BCUT2D eigenvalue weighted by molar-refractivity contribution is 4.70. The molecule has 80 valence electrons. The van der Waals surface area contributed by atoms with Crippen LogP contribution in [0.5, 0.6) is 0 Å². The van der Waals surface area contributed by atoms with Crippen molar-refractivity contribution < 1.29 is 4.74 Å². The Morgan fingerprint density at radius 3 is 2.38 bits per heavy atom. The van der Waals surface area contributed by atoms with Crippen LogP contribution in [0.15, 0.2) is 0 Å². The molecule has 13 heavy (non-hydrogen) atoms. The highest BCUT2D eigenvalue weighted by Gasteiger charge is 2.15. The molecule has 0 fully saturated rings. The van der Waals surface area contributed by atoms with Crippen molar-refractivity contribution in [1.29, 1.82) is 0 Å². The normalized spacial score (nSPS) is 12.0. The van der Waals surface area contributed by atoms with Crippen molar-refractivity contribution in [3.63, 3.8) is 0 Å². The molecular formula is C11H25NO. The van der Waals surface area contributed by atoms with Gasteiger partial charge in [0.1, 0.15) is 0 Å². The third-order valence-electron chi connectivity index (χ3n) is 2.09. The van der Waals surface area contributed by atoms with Gasteiger partial charge in [-0.2, -0.15) is 0 Å². The largest absolute Gasteiger partial charge is 0.374 e. The molecule has 0 aromatic carbocycles. The van der Waals surface area contributed by atoms with Crippen LogP contribution in [0.4, 0.5) is 0 Å². The maximum atomic E-state index is 5.75. The lowest BCUT2D eigenvalue weighted by Gasteiger charge is -2.24. The topological polar surface area (TPSA) is 21.3 Å². The predicted molar refractivity (Wildman–Crippen MR) is 58.1 cm³/mol. The van der Waals surface area contributed by atoms with Crippen LogP contribution in [0.3, 0.4) is 0 Å². The van der Waals surface area contributed by atoms with E-state index >= 15 is 0 Å². The minimum atomic E-state index is -0.0129. The first-order valence-corrected chi connectivity index (χ1v) is 5.41. The molecule has 2 heteroatoms. The van der Waals surface area contributed by atoms with E-state index in [2.05, 4.69) is 26.1 Å². The highest BCUT2D eigenvalue weighted by atomic mass is 16.5. The summed E-state index contributed by atoms with van der Waals surface area (Å²) in [5.41, 5.74) is -0.0129. The zero-order valence-electron chi connectivity index (χ0n) is 9.65. The number of rotatable bonds is 8. The van der Waals surface area contributed by atoms with E-state index in [4.69, 9.17) is 4.74 Å². The second kappa shape index (κ2) is 7.34. The van der Waals surface area contributed by atoms with Crippen molar-refractivity contribution in [3.05, 3.63) is 0 Å². The van der Waals surface area contributed by atoms with Gasteiger partial charge in [-0.05, 0) is 27.3 Å². The van der Waals surface area contributed by atoms with E-state index in [-0.39, 0.29) is 5.60 Å². The van der Waals surface area contributed by atoms with Crippen molar-refractivity contribution >= 4 is 0 Å². The zero-order chi connectivity index (χ0) is 10.2. The van der Waals surface area contributed by atoms with Crippen LogP contribution >= 0.6 is 0 Å². The van der Waals surface area contributed by atoms with Crippen LogP contribution in [0.25, 0.3) is 0 Å². The maximum Gasteiger partial charge on any atom is 0.0750 e. The Morgan fingerprint density at radius 1 is 1.15 bits per heavy atom. The molecule has 0 rings (SSSR count). The second-order valence-corrected chi connectivity index (χ2v) is 4.20. The Bertz CT molecular complexity index is 113. The molecule has 1 N–H and O–H groups in total. The molecule has 0 unspecified atom stereocenters. The average Bonchev–Trinajstić information content (AvgIpc) is 2.04. The molecule has 0 atom stereocenters. The standard InChI is InChI=1S/C11H25NO/c1-5-6-7-8-9-13-11(2,3)10-12-4/h12H,5-10H2,1-4H3. The molecule has 0 spiro atoms. The summed E-state index contributed by atoms with van der Waals surface area (Å²) >= 11 is 0. The van der Waals surface area contributed by atoms with Gasteiger partial charge >= 0.3 is 0 Å². The Balaban J connectivity index is 3.29. The molecule has 0 radical (unpaired) electrons. The summed E-state index contributed by atoms with van der Waals surface area (Å²) in [4.78, 5) is 0. The summed E-state index contributed by atoms with van der Waals surface area (Å²) in [6, 6.07) is 0. The molecule has 2 nitrogen and oxygen atoms in total. The van der Waals surface area contributed by atoms with Gasteiger partial charge in [0.05, 0.1) is 5.60 Å². The van der Waals surface area contributed by atoms with Crippen LogP contribution in [0.1, 0.15) is 46.5 Å². The van der Waals surface area contributed by atoms with Gasteiger partial charge in [-0.15, -0.1) is 0 Å². The molecule has 0 aliphatic rings. The van der Waals surface area contributed by atoms with Crippen LogP contribution in [0.2, 0.25) is 0 Å². The van der Waals surface area contributed by atoms with Gasteiger partial charge in [0.15, 0.2) is 0 Å². The SMILES string of the molecule is CCCCCCOC(C)(C)CNC. The van der Waals surface area contributed by atoms with Crippen LogP contribution in [-0.4, -0.2) is 25.8 Å². The van der Waals surface area contributed by atoms with E-state index in [0.29, 0.717) is 0 Å². The number of hydrogen-bond acceptors (Lipinski definition) is 2. The first-order valence-electron chi connectivity index (χ1n) is 5.41. The molecule has 0 heterocycles. The van der Waals surface area contributed by atoms with Crippen LogP contribution < -0.4 is 5.32 Å². The lowest BCUT2D eigenvalue weighted by Crippen LogP contribution is -2.36. The van der Waals surface area contributed by atoms with Crippen molar-refractivity contribution in [2.24, 2.45) is 0 Å². The van der Waals surface area contributed by atoms with E-state index in [1.165, 1.54) is 25.7 Å². The van der Waals surface area contributed by atoms with Gasteiger partial charge in [0, 0.05) is 13.2 Å². The van der Waals surface area contributed by atoms with E-state index < -0.39 is 0 Å². The molecule has 0 aliphatic heterocycles. The average molecular weight is 187 g/mol. The van der Waals surface area contributed by atoms with Crippen LogP contribution in [0, 0.1) is 0 Å². The number of nitrogens with one attached hydrogen (secondary N) is 1. The van der Waals surface area contributed by atoms with Gasteiger partial charge < -0.3 is 10.1 Å². The third-order valence-corrected chi connectivity index (χ3v) is 2.09. The molecule has 0 amide bonds. The summed E-state index contributed by atoms with van der Waals surface area (Å²) in [6.45, 7) is 8.30. The summed E-state index contributed by atoms with van der Waals surface area (Å²) in [5, 5.41) is 3.14. The predicted octanol–water partition coefficient (Wildman–Crippen LogP) is 2.58. The van der Waals surface area contributed by atoms with Crippen molar-refractivity contribution in [1.82, 2.24) is 5.32 Å². The summed E-state index contributed by atoms with van der Waals surface area (Å²) < 4.78 is 5.75. The van der Waals surface area contributed by atoms with Gasteiger partial charge in [-0.1, -0.05) is 26.2 Å². The maximum absolute atomic E-state index is 5.75. The summed E-state index contributed by atoms with van der Waals surface area (Å²) in [7, 11) is 1.96. The van der Waals surface area contributed by atoms with E-state index in [0.717, 1.165) is 13.2 Å². The summed E-state index contributed by atoms with van der Waals surface area (Å²) in [6.07, 6.45) is 5.11. The Morgan fingerprint density at radius 2 is 1.85 bits per heavy atom. The fourth-order valence-electron chi connectivity index (χ4n) is 1.35. The number of hydrogen-bond donors (Lipinski definition) is 1. The van der Waals surface area contributed by atoms with E-state index in [1.807, 2.05) is 7.05 Å². The first-order chi connectivity index (χ1) is 6.12. The first kappa shape index (κ1) is 12.9. The fraction of sp³-hybridized carbons (Fsp3) is 1.00.